The van der Waals surface area contributed by atoms with Crippen LogP contribution in [0.25, 0.3) is 0 Å². The van der Waals surface area contributed by atoms with Gasteiger partial charge < -0.3 is 5.73 Å². The van der Waals surface area contributed by atoms with E-state index < -0.39 is 0 Å². The van der Waals surface area contributed by atoms with Gasteiger partial charge in [-0.05, 0) is 0 Å². The Labute approximate surface area is 114 Å². The van der Waals surface area contributed by atoms with Crippen molar-refractivity contribution in [3.63, 3.8) is 0 Å². The number of nitrogens with zero attached hydrogens (tertiary/aromatic N) is 2. The van der Waals surface area contributed by atoms with Crippen molar-refractivity contribution in [2.24, 2.45) is 5.73 Å². The number of primary amides is 1. The fourth-order valence-electron chi connectivity index (χ4n) is 2.38. The molecule has 2 rings (SSSR count). The molecule has 2 unspecified atom stereocenters. The minimum Gasteiger partial charge on any atom is -0.369 e. The third kappa shape index (κ3) is 3.19. The second kappa shape index (κ2) is 5.96. The van der Waals surface area contributed by atoms with E-state index in [1.54, 1.807) is 0 Å². The zero-order chi connectivity index (χ0) is 13.1. The summed E-state index contributed by atoms with van der Waals surface area (Å²) in [6, 6.07) is 0.148. The van der Waals surface area contributed by atoms with Crippen LogP contribution in [-0.4, -0.2) is 71.8 Å². The molecule has 2 aliphatic rings. The topological polar surface area (TPSA) is 90.7 Å². The molecular weight excluding hydrogens is 302 g/mol. The van der Waals surface area contributed by atoms with Gasteiger partial charge in [0.25, 0.3) is 0 Å². The number of carbonyl (C=O) groups excluding carboxylic acids is 2. The lowest BCUT2D eigenvalue weighted by molar-refractivity contribution is -0.124. The van der Waals surface area contributed by atoms with Crippen molar-refractivity contribution in [1.29, 1.82) is 0 Å². The first-order valence-electron chi connectivity index (χ1n) is 5.99. The van der Waals surface area contributed by atoms with Gasteiger partial charge in [-0.15, -0.1) is 0 Å². The Morgan fingerprint density at radius 2 is 2.06 bits per heavy atom. The van der Waals surface area contributed by atoms with Crippen LogP contribution in [0.15, 0.2) is 0 Å². The van der Waals surface area contributed by atoms with Crippen molar-refractivity contribution in [2.45, 2.75) is 10.9 Å². The number of hydrogen-bond acceptors (Lipinski definition) is 5. The fraction of sp³-hybridized carbons (Fsp3) is 0.800. The number of nitrogens with one attached hydrogen (secondary N) is 2. The molecule has 2 aliphatic heterocycles. The maximum Gasteiger partial charge on any atom is 0.249 e. The molecule has 0 aromatic carbocycles. The lowest BCUT2D eigenvalue weighted by atomic mass is 10.1. The van der Waals surface area contributed by atoms with Crippen molar-refractivity contribution in [3.8, 4) is 0 Å². The second-order valence-electron chi connectivity index (χ2n) is 4.62. The first kappa shape index (κ1) is 13.7. The van der Waals surface area contributed by atoms with E-state index in [1.807, 2.05) is 4.90 Å². The number of halogens is 1. The average molecular weight is 320 g/mol. The van der Waals surface area contributed by atoms with E-state index in [0.29, 0.717) is 6.54 Å². The Bertz CT molecular complexity index is 332. The number of carbonyl (C=O) groups is 2. The average Bonchev–Trinajstić information content (AvgIpc) is 2.33. The molecule has 2 atom stereocenters. The van der Waals surface area contributed by atoms with Crippen molar-refractivity contribution in [3.05, 3.63) is 0 Å². The van der Waals surface area contributed by atoms with Gasteiger partial charge in [0.2, 0.25) is 11.8 Å². The molecular formula is C10H18BrN5O2. The highest BCUT2D eigenvalue weighted by atomic mass is 79.9. The molecule has 8 heteroatoms. The Morgan fingerprint density at radius 3 is 2.67 bits per heavy atom. The van der Waals surface area contributed by atoms with E-state index in [0.717, 1.165) is 32.7 Å². The van der Waals surface area contributed by atoms with Crippen molar-refractivity contribution in [1.82, 2.24) is 20.7 Å². The number of rotatable bonds is 3. The minimum atomic E-state index is -0.291. The quantitative estimate of drug-likeness (QED) is 0.516. The SMILES string of the molecule is NC(=O)CN1CCN(C2CNNC(=O)C2Br)CC1. The molecule has 0 bridgehead atoms. The molecule has 0 saturated carbocycles. The Hall–Kier alpha value is -0.700. The van der Waals surface area contributed by atoms with Gasteiger partial charge in [0.05, 0.1) is 6.54 Å². The van der Waals surface area contributed by atoms with Gasteiger partial charge in [-0.2, -0.15) is 0 Å². The summed E-state index contributed by atoms with van der Waals surface area (Å²) < 4.78 is 0. The van der Waals surface area contributed by atoms with Gasteiger partial charge in [-0.3, -0.25) is 24.8 Å². The Morgan fingerprint density at radius 1 is 1.39 bits per heavy atom. The molecule has 18 heavy (non-hydrogen) atoms. The fourth-order valence-corrected chi connectivity index (χ4v) is 3.01. The highest BCUT2D eigenvalue weighted by Gasteiger charge is 2.35. The summed E-state index contributed by atoms with van der Waals surface area (Å²) in [7, 11) is 0. The number of piperazine rings is 1. The molecule has 0 spiro atoms. The predicted molar refractivity (Wildman–Crippen MR) is 69.9 cm³/mol. The Kier molecular flexibility index (Phi) is 4.55. The van der Waals surface area contributed by atoms with Crippen LogP contribution >= 0.6 is 15.9 Å². The summed E-state index contributed by atoms with van der Waals surface area (Å²) in [4.78, 5) is 26.5. The van der Waals surface area contributed by atoms with Crippen LogP contribution < -0.4 is 16.6 Å². The third-order valence-electron chi connectivity index (χ3n) is 3.37. The van der Waals surface area contributed by atoms with Crippen LogP contribution in [-0.2, 0) is 9.59 Å². The summed E-state index contributed by atoms with van der Waals surface area (Å²) in [5.41, 5.74) is 10.7. The molecule has 2 amide bonds. The van der Waals surface area contributed by atoms with Crippen molar-refractivity contribution < 1.29 is 9.59 Å². The minimum absolute atomic E-state index is 0.0363. The van der Waals surface area contributed by atoms with Crippen LogP contribution in [0.2, 0.25) is 0 Å². The van der Waals surface area contributed by atoms with Crippen LogP contribution in [0.5, 0.6) is 0 Å². The molecule has 4 N–H and O–H groups in total. The molecule has 0 aromatic heterocycles. The number of hydrogen-bond donors (Lipinski definition) is 3. The summed E-state index contributed by atoms with van der Waals surface area (Å²) in [5.74, 6) is -0.327. The largest absolute Gasteiger partial charge is 0.369 e. The summed E-state index contributed by atoms with van der Waals surface area (Å²) >= 11 is 3.43. The summed E-state index contributed by atoms with van der Waals surface area (Å²) in [6.07, 6.45) is 0. The Balaban J connectivity index is 1.85. The molecule has 0 aromatic rings. The van der Waals surface area contributed by atoms with Crippen molar-refractivity contribution >= 4 is 27.7 Å². The van der Waals surface area contributed by atoms with E-state index in [4.69, 9.17) is 5.73 Å². The lowest BCUT2D eigenvalue weighted by Gasteiger charge is -2.42. The summed E-state index contributed by atoms with van der Waals surface area (Å²) in [5, 5.41) is 0. The van der Waals surface area contributed by atoms with Crippen LogP contribution in [0.4, 0.5) is 0 Å². The number of nitrogens with two attached hydrogens (primary N) is 1. The summed E-state index contributed by atoms with van der Waals surface area (Å²) in [6.45, 7) is 4.33. The molecule has 7 nitrogen and oxygen atoms in total. The molecule has 0 radical (unpaired) electrons. The van der Waals surface area contributed by atoms with E-state index in [1.165, 1.54) is 0 Å². The first-order chi connectivity index (χ1) is 8.58. The van der Waals surface area contributed by atoms with Crippen molar-refractivity contribution in [2.75, 3.05) is 39.3 Å². The maximum atomic E-state index is 11.5. The lowest BCUT2D eigenvalue weighted by Crippen LogP contribution is -2.64. The van der Waals surface area contributed by atoms with Gasteiger partial charge in [0.1, 0.15) is 4.83 Å². The monoisotopic (exact) mass is 319 g/mol. The van der Waals surface area contributed by atoms with E-state index >= 15 is 0 Å². The van der Waals surface area contributed by atoms with Crippen LogP contribution in [0.3, 0.4) is 0 Å². The smallest absolute Gasteiger partial charge is 0.249 e. The molecule has 2 fully saturated rings. The van der Waals surface area contributed by atoms with Gasteiger partial charge in [0.15, 0.2) is 0 Å². The zero-order valence-electron chi connectivity index (χ0n) is 10.1. The van der Waals surface area contributed by atoms with E-state index in [9.17, 15) is 9.59 Å². The predicted octanol–water partition coefficient (Wildman–Crippen LogP) is -2.14. The van der Waals surface area contributed by atoms with Crippen LogP contribution in [0, 0.1) is 0 Å². The number of hydrazine groups is 1. The normalized spacial score (nSPS) is 31.1. The highest BCUT2D eigenvalue weighted by Crippen LogP contribution is 2.17. The number of amides is 2. The van der Waals surface area contributed by atoms with Gasteiger partial charge in [-0.25, -0.2) is 5.43 Å². The van der Waals surface area contributed by atoms with Crippen LogP contribution in [0.1, 0.15) is 0 Å². The van der Waals surface area contributed by atoms with Gasteiger partial charge >= 0.3 is 0 Å². The maximum absolute atomic E-state index is 11.5. The second-order valence-corrected chi connectivity index (χ2v) is 5.60. The molecule has 102 valence electrons. The molecule has 2 saturated heterocycles. The third-order valence-corrected chi connectivity index (χ3v) is 4.39. The molecule has 0 aliphatic carbocycles. The molecule has 2 heterocycles. The number of alkyl halides is 1. The van der Waals surface area contributed by atoms with Gasteiger partial charge in [0, 0.05) is 38.8 Å². The standard InChI is InChI=1S/C10H18BrN5O2/c11-9-7(5-13-14-10(9)18)16-3-1-15(2-4-16)6-8(12)17/h7,9,13H,1-6H2,(H2,12,17)(H,14,18). The van der Waals surface area contributed by atoms with Gasteiger partial charge in [-0.1, -0.05) is 15.9 Å². The highest BCUT2D eigenvalue weighted by molar-refractivity contribution is 9.10. The first-order valence-corrected chi connectivity index (χ1v) is 6.91. The van der Waals surface area contributed by atoms with E-state index in [-0.39, 0.29) is 22.7 Å². The zero-order valence-corrected chi connectivity index (χ0v) is 11.6. The van der Waals surface area contributed by atoms with E-state index in [2.05, 4.69) is 31.7 Å².